The van der Waals surface area contributed by atoms with Crippen LogP contribution in [0.15, 0.2) is 73.0 Å². The van der Waals surface area contributed by atoms with E-state index in [0.717, 1.165) is 12.3 Å². The highest BCUT2D eigenvalue weighted by Gasteiger charge is 2.62. The van der Waals surface area contributed by atoms with Crippen LogP contribution in [0, 0.1) is 0 Å². The second kappa shape index (κ2) is 12.6. The molecular formula is C25H24F2N2O8. The number of alkyl halides is 2. The molecule has 0 radical (unpaired) electrons. The Balaban J connectivity index is 1.73. The van der Waals surface area contributed by atoms with E-state index < -0.39 is 54.8 Å². The quantitative estimate of drug-likeness (QED) is 0.295. The maximum absolute atomic E-state index is 15.3. The van der Waals surface area contributed by atoms with Crippen LogP contribution in [0.4, 0.5) is 13.6 Å². The van der Waals surface area contributed by atoms with E-state index in [9.17, 15) is 19.2 Å². The van der Waals surface area contributed by atoms with Gasteiger partial charge in [0.2, 0.25) is 0 Å². The summed E-state index contributed by atoms with van der Waals surface area (Å²) in [5.41, 5.74) is 0.164. The molecule has 2 N–H and O–H groups in total. The number of urea groups is 1. The van der Waals surface area contributed by atoms with E-state index in [1.165, 1.54) is 36.4 Å². The minimum absolute atomic E-state index is 0.000773. The van der Waals surface area contributed by atoms with Crippen LogP contribution >= 0.6 is 0 Å². The van der Waals surface area contributed by atoms with Crippen molar-refractivity contribution in [3.8, 4) is 0 Å². The van der Waals surface area contributed by atoms with Crippen molar-refractivity contribution >= 4 is 23.9 Å². The predicted molar refractivity (Wildman–Crippen MR) is 123 cm³/mol. The summed E-state index contributed by atoms with van der Waals surface area (Å²) in [7, 11) is 0. The van der Waals surface area contributed by atoms with Gasteiger partial charge in [-0.1, -0.05) is 36.4 Å². The van der Waals surface area contributed by atoms with Crippen LogP contribution in [-0.2, 0) is 23.7 Å². The summed E-state index contributed by atoms with van der Waals surface area (Å²) < 4.78 is 50.8. The van der Waals surface area contributed by atoms with E-state index in [1.807, 2.05) is 10.6 Å². The molecule has 196 valence electrons. The van der Waals surface area contributed by atoms with E-state index in [2.05, 4.69) is 0 Å². The van der Waals surface area contributed by atoms with Gasteiger partial charge in [-0.05, 0) is 31.2 Å². The van der Waals surface area contributed by atoms with E-state index in [4.69, 9.17) is 18.9 Å². The first kappa shape index (κ1) is 27.3. The van der Waals surface area contributed by atoms with E-state index in [-0.39, 0.29) is 17.7 Å². The Kier molecular flexibility index (Phi) is 9.27. The fourth-order valence-corrected chi connectivity index (χ4v) is 3.23. The van der Waals surface area contributed by atoms with Gasteiger partial charge in [0.1, 0.15) is 12.7 Å². The van der Waals surface area contributed by atoms with Crippen molar-refractivity contribution in [2.24, 2.45) is 0 Å². The van der Waals surface area contributed by atoms with Gasteiger partial charge in [0, 0.05) is 6.08 Å². The van der Waals surface area contributed by atoms with Crippen molar-refractivity contribution in [3.05, 3.63) is 84.1 Å². The summed E-state index contributed by atoms with van der Waals surface area (Å²) in [4.78, 5) is 48.6. The van der Waals surface area contributed by atoms with Gasteiger partial charge in [0.05, 0.1) is 24.0 Å². The van der Waals surface area contributed by atoms with Crippen molar-refractivity contribution < 1.29 is 46.9 Å². The fraction of sp³-hybridized carbons (Fsp3) is 0.280. The number of halogens is 2. The third-order valence-electron chi connectivity index (χ3n) is 4.99. The first-order chi connectivity index (χ1) is 17.7. The Hall–Kier alpha value is -4.32. The molecule has 1 unspecified atom stereocenters. The Bertz CT molecular complexity index is 1130. The molecule has 10 nitrogen and oxygen atoms in total. The molecule has 0 saturated carbocycles. The summed E-state index contributed by atoms with van der Waals surface area (Å²) in [5, 5.41) is 3.64. The summed E-state index contributed by atoms with van der Waals surface area (Å²) in [6, 6.07) is 13.9. The van der Waals surface area contributed by atoms with E-state index in [0.29, 0.717) is 0 Å². The van der Waals surface area contributed by atoms with Crippen LogP contribution in [0.1, 0.15) is 27.6 Å². The van der Waals surface area contributed by atoms with Crippen LogP contribution in [0.5, 0.6) is 0 Å². The van der Waals surface area contributed by atoms with Gasteiger partial charge in [0.15, 0.2) is 12.3 Å². The zero-order valence-electron chi connectivity index (χ0n) is 19.6. The predicted octanol–water partition coefficient (Wildman–Crippen LogP) is 2.81. The lowest BCUT2D eigenvalue weighted by molar-refractivity contribution is -0.122. The number of carbonyl (C=O) groups is 4. The average Bonchev–Trinajstić information content (AvgIpc) is 3.12. The Morgan fingerprint density at radius 2 is 1.57 bits per heavy atom. The molecule has 2 aromatic carbocycles. The maximum Gasteiger partial charge on any atom is 0.338 e. The number of nitrogens with one attached hydrogen (secondary N) is 2. The van der Waals surface area contributed by atoms with Crippen LogP contribution in [0.25, 0.3) is 0 Å². The first-order valence-electron chi connectivity index (χ1n) is 11.1. The molecule has 0 aromatic heterocycles. The normalized spacial score (nSPS) is 20.1. The van der Waals surface area contributed by atoms with Gasteiger partial charge in [-0.15, -0.1) is 0 Å². The van der Waals surface area contributed by atoms with Gasteiger partial charge < -0.3 is 24.3 Å². The zero-order chi connectivity index (χ0) is 26.8. The fourth-order valence-electron chi connectivity index (χ4n) is 3.23. The summed E-state index contributed by atoms with van der Waals surface area (Å²) in [6.45, 7) is 1.23. The van der Waals surface area contributed by atoms with Crippen molar-refractivity contribution in [2.75, 3.05) is 13.2 Å². The van der Waals surface area contributed by atoms with Crippen LogP contribution in [-0.4, -0.2) is 61.4 Å². The topological polar surface area (TPSA) is 129 Å². The van der Waals surface area contributed by atoms with Crippen LogP contribution in [0.2, 0.25) is 0 Å². The van der Waals surface area contributed by atoms with Crippen LogP contribution in [0.3, 0.4) is 0 Å². The number of rotatable bonds is 9. The summed E-state index contributed by atoms with van der Waals surface area (Å²) >= 11 is 0. The highest BCUT2D eigenvalue weighted by molar-refractivity contribution is 6.00. The Morgan fingerprint density at radius 1 is 0.973 bits per heavy atom. The number of hydrogen-bond acceptors (Lipinski definition) is 8. The molecule has 2 aromatic rings. The molecule has 12 heteroatoms. The van der Waals surface area contributed by atoms with Gasteiger partial charge in [-0.3, -0.25) is 10.1 Å². The molecule has 1 fully saturated rings. The number of amides is 3. The van der Waals surface area contributed by atoms with Crippen molar-refractivity contribution in [3.63, 3.8) is 0 Å². The second-order valence-electron chi connectivity index (χ2n) is 7.61. The molecule has 1 aliphatic heterocycles. The highest BCUT2D eigenvalue weighted by Crippen LogP contribution is 2.38. The van der Waals surface area contributed by atoms with Crippen molar-refractivity contribution in [1.29, 1.82) is 0 Å². The second-order valence-corrected chi connectivity index (χ2v) is 7.61. The SMILES string of the molecule is CCO/C=C/C(=O)NC(=O)NC1O[C@H](COC(=O)c2ccccc2)[C@@H](OC(=O)c2ccccc2)C1(F)F. The number of ether oxygens (including phenoxy) is 4. The van der Waals surface area contributed by atoms with Crippen molar-refractivity contribution in [2.45, 2.75) is 31.3 Å². The molecule has 3 amide bonds. The molecule has 1 heterocycles. The van der Waals surface area contributed by atoms with E-state index >= 15 is 8.78 Å². The zero-order valence-corrected chi connectivity index (χ0v) is 19.6. The lowest BCUT2D eigenvalue weighted by Crippen LogP contribution is -2.53. The van der Waals surface area contributed by atoms with Gasteiger partial charge in [0.25, 0.3) is 5.91 Å². The molecule has 0 spiro atoms. The molecule has 0 aliphatic carbocycles. The van der Waals surface area contributed by atoms with E-state index in [1.54, 1.807) is 31.2 Å². The molecule has 3 rings (SSSR count). The summed E-state index contributed by atoms with van der Waals surface area (Å²) in [6.07, 6.45) is -4.28. The van der Waals surface area contributed by atoms with Gasteiger partial charge in [-0.25, -0.2) is 14.4 Å². The standard InChI is InChI=1S/C25H24F2N2O8/c1-2-34-14-13-19(30)28-24(33)29-23-25(26,27)20(37-22(32)17-11-7-4-8-12-17)18(36-23)15-35-21(31)16-9-5-3-6-10-16/h3-14,18,20,23H,2,15H2,1H3,(H2,28,29,30,33)/b14-13+/t18-,20-,23?/m1/s1. The number of benzene rings is 2. The average molecular weight is 518 g/mol. The lowest BCUT2D eigenvalue weighted by Gasteiger charge is -2.24. The molecular weight excluding hydrogens is 494 g/mol. The van der Waals surface area contributed by atoms with Gasteiger partial charge >= 0.3 is 23.9 Å². The Morgan fingerprint density at radius 3 is 2.16 bits per heavy atom. The number of esters is 2. The molecule has 1 saturated heterocycles. The van der Waals surface area contributed by atoms with Crippen molar-refractivity contribution in [1.82, 2.24) is 10.6 Å². The minimum atomic E-state index is -3.96. The number of carbonyl (C=O) groups excluding carboxylic acids is 4. The monoisotopic (exact) mass is 518 g/mol. The largest absolute Gasteiger partial charge is 0.501 e. The molecule has 3 atom stereocenters. The number of imide groups is 1. The molecule has 0 bridgehead atoms. The molecule has 37 heavy (non-hydrogen) atoms. The van der Waals surface area contributed by atoms with Gasteiger partial charge in [-0.2, -0.15) is 8.78 Å². The third kappa shape index (κ3) is 7.34. The Labute approximate surface area is 210 Å². The minimum Gasteiger partial charge on any atom is -0.501 e. The lowest BCUT2D eigenvalue weighted by atomic mass is 10.1. The summed E-state index contributed by atoms with van der Waals surface area (Å²) in [5.74, 6) is -6.79. The third-order valence-corrected chi connectivity index (χ3v) is 4.99. The maximum atomic E-state index is 15.3. The first-order valence-corrected chi connectivity index (χ1v) is 11.1. The number of hydrogen-bond donors (Lipinski definition) is 2. The molecule has 1 aliphatic rings. The highest BCUT2D eigenvalue weighted by atomic mass is 19.3. The smallest absolute Gasteiger partial charge is 0.338 e. The van der Waals surface area contributed by atoms with Crippen LogP contribution < -0.4 is 10.6 Å².